The van der Waals surface area contributed by atoms with Crippen molar-refractivity contribution < 1.29 is 9.59 Å². The molecular formula is C23H24N4O2. The summed E-state index contributed by atoms with van der Waals surface area (Å²) in [5.41, 5.74) is 4.63. The number of rotatable bonds is 1. The van der Waals surface area contributed by atoms with Crippen LogP contribution in [-0.2, 0) is 17.9 Å². The number of para-hydroxylation sites is 1. The van der Waals surface area contributed by atoms with Gasteiger partial charge in [-0.05, 0) is 49.1 Å². The molecule has 2 aromatic carbocycles. The summed E-state index contributed by atoms with van der Waals surface area (Å²) in [7, 11) is 1.90. The molecule has 29 heavy (non-hydrogen) atoms. The number of nitrogens with one attached hydrogen (secondary N) is 1. The van der Waals surface area contributed by atoms with Crippen molar-refractivity contribution in [3.05, 3.63) is 59.8 Å². The maximum atomic E-state index is 13.3. The van der Waals surface area contributed by atoms with Crippen molar-refractivity contribution in [2.75, 3.05) is 23.8 Å². The van der Waals surface area contributed by atoms with Crippen molar-refractivity contribution in [3.8, 4) is 0 Å². The molecule has 2 amide bonds. The van der Waals surface area contributed by atoms with Gasteiger partial charge in [0.1, 0.15) is 6.04 Å². The van der Waals surface area contributed by atoms with Gasteiger partial charge in [0.25, 0.3) is 5.91 Å². The minimum absolute atomic E-state index is 0.00188. The summed E-state index contributed by atoms with van der Waals surface area (Å²) < 4.78 is 2.33. The lowest BCUT2D eigenvalue weighted by Gasteiger charge is -2.33. The van der Waals surface area contributed by atoms with Crippen LogP contribution in [0.15, 0.2) is 48.5 Å². The van der Waals surface area contributed by atoms with E-state index >= 15 is 0 Å². The predicted octanol–water partition coefficient (Wildman–Crippen LogP) is 3.46. The zero-order chi connectivity index (χ0) is 20.1. The highest BCUT2D eigenvalue weighted by Gasteiger charge is 2.28. The fraction of sp³-hybridized carbons (Fsp3) is 0.304. The first-order valence-electron chi connectivity index (χ1n) is 10.1. The molecule has 1 unspecified atom stereocenters. The molecule has 2 aliphatic rings. The van der Waals surface area contributed by atoms with Gasteiger partial charge in [0.2, 0.25) is 5.91 Å². The van der Waals surface area contributed by atoms with Crippen molar-refractivity contribution in [1.29, 1.82) is 0 Å². The third kappa shape index (κ3) is 2.87. The van der Waals surface area contributed by atoms with E-state index in [0.717, 1.165) is 30.9 Å². The van der Waals surface area contributed by atoms with Gasteiger partial charge in [0.05, 0.1) is 17.9 Å². The average Bonchev–Trinajstić information content (AvgIpc) is 2.94. The van der Waals surface area contributed by atoms with E-state index in [2.05, 4.69) is 34.1 Å². The molecule has 1 N–H and O–H groups in total. The Kier molecular flexibility index (Phi) is 4.08. The first-order chi connectivity index (χ1) is 14.0. The quantitative estimate of drug-likeness (QED) is 0.695. The van der Waals surface area contributed by atoms with Crippen molar-refractivity contribution in [2.24, 2.45) is 0 Å². The average molecular weight is 388 g/mol. The van der Waals surface area contributed by atoms with Gasteiger partial charge < -0.3 is 19.7 Å². The van der Waals surface area contributed by atoms with Gasteiger partial charge in [-0.25, -0.2) is 0 Å². The molecule has 0 saturated heterocycles. The fourth-order valence-corrected chi connectivity index (χ4v) is 4.41. The highest BCUT2D eigenvalue weighted by molar-refractivity contribution is 6.05. The number of fused-ring (bicyclic) bond motifs is 4. The smallest absolute Gasteiger partial charge is 0.254 e. The number of hydrogen-bond acceptors (Lipinski definition) is 3. The summed E-state index contributed by atoms with van der Waals surface area (Å²) in [6.45, 7) is 4.09. The van der Waals surface area contributed by atoms with Gasteiger partial charge in [0.15, 0.2) is 0 Å². The third-order valence-electron chi connectivity index (χ3n) is 6.19. The Bertz CT molecular complexity index is 1130. The number of hydrogen-bond donors (Lipinski definition) is 1. The number of carbonyl (C=O) groups is 2. The van der Waals surface area contributed by atoms with Crippen LogP contribution < -0.4 is 10.2 Å². The summed E-state index contributed by atoms with van der Waals surface area (Å²) >= 11 is 0. The van der Waals surface area contributed by atoms with Crippen LogP contribution in [-0.4, -0.2) is 40.9 Å². The summed E-state index contributed by atoms with van der Waals surface area (Å²) in [5, 5.41) is 4.14. The molecule has 0 radical (unpaired) electrons. The van der Waals surface area contributed by atoms with Crippen molar-refractivity contribution in [1.82, 2.24) is 9.47 Å². The summed E-state index contributed by atoms with van der Waals surface area (Å²) in [6, 6.07) is 15.9. The molecular weight excluding hydrogens is 364 g/mol. The number of benzene rings is 2. The summed E-state index contributed by atoms with van der Waals surface area (Å²) in [6.07, 6.45) is 0.916. The second kappa shape index (κ2) is 6.65. The van der Waals surface area contributed by atoms with Crippen molar-refractivity contribution >= 4 is 34.1 Å². The zero-order valence-corrected chi connectivity index (χ0v) is 16.7. The first kappa shape index (κ1) is 17.8. The molecule has 1 aromatic heterocycles. The van der Waals surface area contributed by atoms with Crippen LogP contribution in [0.2, 0.25) is 0 Å². The van der Waals surface area contributed by atoms with E-state index < -0.39 is 0 Å². The van der Waals surface area contributed by atoms with Crippen LogP contribution >= 0.6 is 0 Å². The molecule has 3 aromatic rings. The second-order valence-corrected chi connectivity index (χ2v) is 7.93. The first-order valence-corrected chi connectivity index (χ1v) is 10.1. The second-order valence-electron chi connectivity index (χ2n) is 7.93. The Labute approximate surface area is 169 Å². The van der Waals surface area contributed by atoms with E-state index in [1.807, 2.05) is 42.0 Å². The highest BCUT2D eigenvalue weighted by atomic mass is 16.2. The Morgan fingerprint density at radius 2 is 1.93 bits per heavy atom. The third-order valence-corrected chi connectivity index (χ3v) is 6.19. The molecule has 2 aliphatic heterocycles. The molecule has 0 fully saturated rings. The van der Waals surface area contributed by atoms with E-state index in [-0.39, 0.29) is 17.9 Å². The molecule has 1 atom stereocenters. The molecule has 5 rings (SSSR count). The molecule has 148 valence electrons. The van der Waals surface area contributed by atoms with Gasteiger partial charge in [-0.15, -0.1) is 0 Å². The Balaban J connectivity index is 1.45. The minimum atomic E-state index is -0.225. The van der Waals surface area contributed by atoms with E-state index in [0.29, 0.717) is 17.8 Å². The molecule has 0 spiro atoms. The summed E-state index contributed by atoms with van der Waals surface area (Å²) in [4.78, 5) is 29.3. The molecule has 3 heterocycles. The normalized spacial score (nSPS) is 18.8. The fourth-order valence-electron chi connectivity index (χ4n) is 4.41. The van der Waals surface area contributed by atoms with Gasteiger partial charge in [-0.3, -0.25) is 9.59 Å². The van der Waals surface area contributed by atoms with Crippen LogP contribution in [0, 0.1) is 0 Å². The lowest BCUT2D eigenvalue weighted by atomic mass is 10.1. The number of nitrogens with zero attached hydrogens (tertiary/aromatic N) is 3. The maximum Gasteiger partial charge on any atom is 0.254 e. The Morgan fingerprint density at radius 1 is 1.10 bits per heavy atom. The molecule has 0 saturated carbocycles. The number of anilines is 2. The highest BCUT2D eigenvalue weighted by Crippen LogP contribution is 2.32. The predicted molar refractivity (Wildman–Crippen MR) is 114 cm³/mol. The summed E-state index contributed by atoms with van der Waals surface area (Å²) in [5.74, 6) is -0.0501. The number of amides is 2. The number of aryl methyl sites for hydroxylation is 1. The topological polar surface area (TPSA) is 57.6 Å². The van der Waals surface area contributed by atoms with E-state index in [9.17, 15) is 9.59 Å². The molecule has 0 bridgehead atoms. The monoisotopic (exact) mass is 388 g/mol. The van der Waals surface area contributed by atoms with Crippen LogP contribution in [0.3, 0.4) is 0 Å². The maximum absolute atomic E-state index is 13.3. The number of likely N-dealkylation sites (N-methyl/N-ethyl adjacent to an activating group) is 1. The standard InChI is InChI=1S/C23H24N4O2/c1-15-22(28)24-19-13-17(8-9-21(19)25(15)2)23(29)26-10-5-11-27-18(14-26)12-16-6-3-4-7-20(16)27/h3-4,6-9,12-13,15H,5,10-11,14H2,1-2H3,(H,24,28). The Hall–Kier alpha value is -3.28. The molecule has 6 nitrogen and oxygen atoms in total. The number of aromatic nitrogens is 1. The largest absolute Gasteiger partial charge is 0.361 e. The lowest BCUT2D eigenvalue weighted by molar-refractivity contribution is -0.117. The van der Waals surface area contributed by atoms with Gasteiger partial charge in [-0.2, -0.15) is 0 Å². The SMILES string of the molecule is CC1C(=O)Nc2cc(C(=O)N3CCCn4c(cc5ccccc54)C3)ccc2N1C. The van der Waals surface area contributed by atoms with Crippen molar-refractivity contribution in [2.45, 2.75) is 32.5 Å². The Morgan fingerprint density at radius 3 is 2.79 bits per heavy atom. The van der Waals surface area contributed by atoms with Crippen LogP contribution in [0.5, 0.6) is 0 Å². The van der Waals surface area contributed by atoms with Gasteiger partial charge >= 0.3 is 0 Å². The van der Waals surface area contributed by atoms with Gasteiger partial charge in [0, 0.05) is 36.9 Å². The minimum Gasteiger partial charge on any atom is -0.361 e. The molecule has 0 aliphatic carbocycles. The van der Waals surface area contributed by atoms with E-state index in [1.165, 1.54) is 10.9 Å². The molecule has 6 heteroatoms. The van der Waals surface area contributed by atoms with Crippen LogP contribution in [0.4, 0.5) is 11.4 Å². The van der Waals surface area contributed by atoms with E-state index in [1.54, 1.807) is 6.07 Å². The van der Waals surface area contributed by atoms with Crippen molar-refractivity contribution in [3.63, 3.8) is 0 Å². The number of carbonyl (C=O) groups excluding carboxylic acids is 2. The van der Waals surface area contributed by atoms with Gasteiger partial charge in [-0.1, -0.05) is 18.2 Å². The zero-order valence-electron chi connectivity index (χ0n) is 16.7. The van der Waals surface area contributed by atoms with Crippen LogP contribution in [0.1, 0.15) is 29.4 Å². The van der Waals surface area contributed by atoms with Crippen LogP contribution in [0.25, 0.3) is 10.9 Å². The lowest BCUT2D eigenvalue weighted by Crippen LogP contribution is -2.44. The van der Waals surface area contributed by atoms with E-state index in [4.69, 9.17) is 0 Å².